The fourth-order valence-corrected chi connectivity index (χ4v) is 2.77. The van der Waals surface area contributed by atoms with Gasteiger partial charge in [0.15, 0.2) is 0 Å². The fourth-order valence-electron chi connectivity index (χ4n) is 2.64. The molecule has 3 heterocycles. The summed E-state index contributed by atoms with van der Waals surface area (Å²) in [6.45, 7) is 2.89. The van der Waals surface area contributed by atoms with Gasteiger partial charge >= 0.3 is 0 Å². The smallest absolute Gasteiger partial charge is 0.224 e. The zero-order valence-electron chi connectivity index (χ0n) is 11.4. The van der Waals surface area contributed by atoms with E-state index < -0.39 is 6.17 Å². The number of aromatic nitrogens is 3. The summed E-state index contributed by atoms with van der Waals surface area (Å²) in [5.74, 6) is 5.88. The van der Waals surface area contributed by atoms with E-state index in [4.69, 9.17) is 11.6 Å². The molecule has 0 bridgehead atoms. The van der Waals surface area contributed by atoms with Crippen molar-refractivity contribution in [3.63, 3.8) is 0 Å². The van der Waals surface area contributed by atoms with Crippen molar-refractivity contribution in [3.8, 4) is 11.8 Å². The van der Waals surface area contributed by atoms with E-state index in [2.05, 4.69) is 27.1 Å². The van der Waals surface area contributed by atoms with Crippen molar-refractivity contribution in [3.05, 3.63) is 23.2 Å². The van der Waals surface area contributed by atoms with Crippen LogP contribution < -0.4 is 5.32 Å². The van der Waals surface area contributed by atoms with Gasteiger partial charge in [0, 0.05) is 18.1 Å². The highest BCUT2D eigenvalue weighted by atomic mass is 35.5. The van der Waals surface area contributed by atoms with E-state index in [9.17, 15) is 4.39 Å². The normalized spacial score (nSPS) is 21.5. The van der Waals surface area contributed by atoms with E-state index >= 15 is 0 Å². The highest BCUT2D eigenvalue weighted by Crippen LogP contribution is 2.29. The highest BCUT2D eigenvalue weighted by molar-refractivity contribution is 6.28. The number of piperidine rings is 1. The lowest BCUT2D eigenvalue weighted by Gasteiger charge is -2.29. The molecular weight excluding hydrogens is 314 g/mol. The summed E-state index contributed by atoms with van der Waals surface area (Å²) in [6, 6.07) is 1.62. The first-order valence-corrected chi connectivity index (χ1v) is 6.89. The number of nitrogens with one attached hydrogen (secondary N) is 1. The molecule has 21 heavy (non-hydrogen) atoms. The minimum absolute atomic E-state index is 0. The first kappa shape index (κ1) is 16.0. The molecule has 0 spiro atoms. The second-order valence-electron chi connectivity index (χ2n) is 4.77. The van der Waals surface area contributed by atoms with Crippen LogP contribution in [-0.4, -0.2) is 33.8 Å². The van der Waals surface area contributed by atoms with Gasteiger partial charge in [-0.1, -0.05) is 5.92 Å². The van der Waals surface area contributed by atoms with Crippen molar-refractivity contribution < 1.29 is 4.39 Å². The van der Waals surface area contributed by atoms with E-state index in [0.717, 1.165) is 17.6 Å². The number of nitrogens with zero attached hydrogens (tertiary/aromatic N) is 3. The third kappa shape index (κ3) is 2.98. The van der Waals surface area contributed by atoms with E-state index in [-0.39, 0.29) is 23.7 Å². The highest BCUT2D eigenvalue weighted by Gasteiger charge is 2.29. The van der Waals surface area contributed by atoms with Gasteiger partial charge in [0.05, 0.1) is 11.7 Å². The summed E-state index contributed by atoms with van der Waals surface area (Å²) in [5.41, 5.74) is 1.41. The molecule has 112 valence electrons. The molecule has 2 aromatic rings. The van der Waals surface area contributed by atoms with Crippen molar-refractivity contribution >= 4 is 35.0 Å². The Hall–Kier alpha value is -1.35. The molecular formula is C14H15Cl2FN4. The van der Waals surface area contributed by atoms with Crippen LogP contribution in [0.2, 0.25) is 5.28 Å². The van der Waals surface area contributed by atoms with Crippen LogP contribution in [-0.2, 0) is 0 Å². The third-order valence-corrected chi connectivity index (χ3v) is 3.69. The van der Waals surface area contributed by atoms with Crippen molar-refractivity contribution in [2.24, 2.45) is 0 Å². The molecule has 7 heteroatoms. The van der Waals surface area contributed by atoms with Gasteiger partial charge in [-0.15, -0.1) is 12.4 Å². The monoisotopic (exact) mass is 328 g/mol. The summed E-state index contributed by atoms with van der Waals surface area (Å²) < 4.78 is 16.1. The summed E-state index contributed by atoms with van der Waals surface area (Å²) in [7, 11) is 0. The Kier molecular flexibility index (Phi) is 5.04. The van der Waals surface area contributed by atoms with E-state index in [1.54, 1.807) is 13.1 Å². The molecule has 4 nitrogen and oxygen atoms in total. The first-order chi connectivity index (χ1) is 9.70. The van der Waals surface area contributed by atoms with E-state index in [0.29, 0.717) is 18.6 Å². The number of halogens is 3. The maximum Gasteiger partial charge on any atom is 0.224 e. The molecule has 0 amide bonds. The quantitative estimate of drug-likeness (QED) is 0.646. The second-order valence-corrected chi connectivity index (χ2v) is 5.11. The maximum absolute atomic E-state index is 14.3. The number of alkyl halides is 1. The zero-order chi connectivity index (χ0) is 14.1. The van der Waals surface area contributed by atoms with Gasteiger partial charge < -0.3 is 9.88 Å². The van der Waals surface area contributed by atoms with Crippen LogP contribution in [0, 0.1) is 11.8 Å². The Morgan fingerprint density at radius 3 is 3.05 bits per heavy atom. The third-order valence-electron chi connectivity index (χ3n) is 3.50. The minimum atomic E-state index is -0.967. The standard InChI is InChI=1S/C14H14ClFN4.ClH/c1-2-3-10-6-9-7-18-14(15)19-13(9)20(10)12-4-5-17-8-11(12)16;/h6-7,11-12,17H,4-5,8H2,1H3;1H/t11-,12+;/m0./s1. The summed E-state index contributed by atoms with van der Waals surface area (Å²) in [6.07, 6.45) is 1.38. The lowest BCUT2D eigenvalue weighted by Crippen LogP contribution is -2.39. The second kappa shape index (κ2) is 6.61. The maximum atomic E-state index is 14.3. The van der Waals surface area contributed by atoms with Crippen molar-refractivity contribution in [1.82, 2.24) is 19.9 Å². The van der Waals surface area contributed by atoms with Crippen LogP contribution >= 0.6 is 24.0 Å². The summed E-state index contributed by atoms with van der Waals surface area (Å²) in [5, 5.41) is 4.05. The number of fused-ring (bicyclic) bond motifs is 1. The Morgan fingerprint density at radius 2 is 2.33 bits per heavy atom. The topological polar surface area (TPSA) is 42.7 Å². The van der Waals surface area contributed by atoms with Gasteiger partial charge in [-0.2, -0.15) is 4.98 Å². The molecule has 1 saturated heterocycles. The van der Waals surface area contributed by atoms with Crippen LogP contribution in [0.25, 0.3) is 11.0 Å². The Bertz CT molecular complexity index is 704. The molecule has 0 radical (unpaired) electrons. The molecule has 1 N–H and O–H groups in total. The minimum Gasteiger partial charge on any atom is -0.314 e. The molecule has 2 aromatic heterocycles. The van der Waals surface area contributed by atoms with Crippen molar-refractivity contribution in [2.45, 2.75) is 25.6 Å². The van der Waals surface area contributed by atoms with E-state index in [1.165, 1.54) is 0 Å². The van der Waals surface area contributed by atoms with Gasteiger partial charge in [-0.25, -0.2) is 9.37 Å². The van der Waals surface area contributed by atoms with Crippen LogP contribution in [0.3, 0.4) is 0 Å². The first-order valence-electron chi connectivity index (χ1n) is 6.51. The Labute approximate surface area is 133 Å². The lowest BCUT2D eigenvalue weighted by atomic mass is 10.0. The SMILES string of the molecule is CC#Cc1cc2cnc(Cl)nc2n1[C@@H]1CCNC[C@@H]1F.Cl. The largest absolute Gasteiger partial charge is 0.314 e. The molecule has 0 aliphatic carbocycles. The molecule has 0 unspecified atom stereocenters. The lowest BCUT2D eigenvalue weighted by molar-refractivity contribution is 0.186. The average Bonchev–Trinajstić information content (AvgIpc) is 2.77. The van der Waals surface area contributed by atoms with Gasteiger partial charge in [0.1, 0.15) is 11.8 Å². The molecule has 1 fully saturated rings. The summed E-state index contributed by atoms with van der Waals surface area (Å²) >= 11 is 5.87. The summed E-state index contributed by atoms with van der Waals surface area (Å²) in [4.78, 5) is 8.22. The van der Waals surface area contributed by atoms with Crippen LogP contribution in [0.5, 0.6) is 0 Å². The Balaban J connectivity index is 0.00000161. The molecule has 1 aliphatic heterocycles. The molecule has 0 saturated carbocycles. The number of hydrogen-bond donors (Lipinski definition) is 1. The van der Waals surface area contributed by atoms with Crippen LogP contribution in [0.15, 0.2) is 12.3 Å². The van der Waals surface area contributed by atoms with Gasteiger partial charge in [-0.3, -0.25) is 0 Å². The van der Waals surface area contributed by atoms with E-state index in [1.807, 2.05) is 10.6 Å². The fraction of sp³-hybridized carbons (Fsp3) is 0.429. The Morgan fingerprint density at radius 1 is 1.52 bits per heavy atom. The average molecular weight is 329 g/mol. The zero-order valence-corrected chi connectivity index (χ0v) is 13.0. The van der Waals surface area contributed by atoms with Crippen LogP contribution in [0.1, 0.15) is 25.1 Å². The van der Waals surface area contributed by atoms with Crippen LogP contribution in [0.4, 0.5) is 4.39 Å². The van der Waals surface area contributed by atoms with Gasteiger partial charge in [-0.05, 0) is 43.5 Å². The van der Waals surface area contributed by atoms with Gasteiger partial charge in [0.25, 0.3) is 0 Å². The number of rotatable bonds is 1. The molecule has 3 rings (SSSR count). The van der Waals surface area contributed by atoms with Crippen molar-refractivity contribution in [1.29, 1.82) is 0 Å². The molecule has 2 atom stereocenters. The molecule has 1 aliphatic rings. The molecule has 0 aromatic carbocycles. The number of hydrogen-bond acceptors (Lipinski definition) is 3. The van der Waals surface area contributed by atoms with Gasteiger partial charge in [0.2, 0.25) is 5.28 Å². The van der Waals surface area contributed by atoms with Crippen molar-refractivity contribution in [2.75, 3.05) is 13.1 Å². The predicted molar refractivity (Wildman–Crippen MR) is 83.8 cm³/mol. The predicted octanol–water partition coefficient (Wildman–Crippen LogP) is 2.75.